The predicted octanol–water partition coefficient (Wildman–Crippen LogP) is 5.05. The van der Waals surface area contributed by atoms with Gasteiger partial charge >= 0.3 is 0 Å². The Hall–Kier alpha value is -1.85. The molecule has 1 amide bonds. The van der Waals surface area contributed by atoms with Crippen LogP contribution in [0.5, 0.6) is 0 Å². The summed E-state index contributed by atoms with van der Waals surface area (Å²) in [6, 6.07) is 13.6. The Kier molecular flexibility index (Phi) is 8.17. The van der Waals surface area contributed by atoms with E-state index in [0.29, 0.717) is 28.1 Å². The van der Waals surface area contributed by atoms with Crippen LogP contribution in [0.15, 0.2) is 57.9 Å². The lowest BCUT2D eigenvalue weighted by Gasteiger charge is -2.21. The van der Waals surface area contributed by atoms with Crippen molar-refractivity contribution in [3.8, 4) is 10.6 Å². The highest BCUT2D eigenvalue weighted by Gasteiger charge is 2.24. The van der Waals surface area contributed by atoms with E-state index in [4.69, 9.17) is 11.6 Å². The number of carbonyl (C=O) groups excluding carboxylic acids is 1. The maximum Gasteiger partial charge on any atom is 0.243 e. The van der Waals surface area contributed by atoms with E-state index < -0.39 is 10.0 Å². The summed E-state index contributed by atoms with van der Waals surface area (Å²) in [7, 11) is -3.72. The molecule has 1 aromatic heterocycles. The predicted molar refractivity (Wildman–Crippen MR) is 127 cm³/mol. The Morgan fingerprint density at radius 2 is 1.90 bits per heavy atom. The molecular weight excluding hydrogens is 524 g/mol. The lowest BCUT2D eigenvalue weighted by atomic mass is 10.2. The number of benzene rings is 2. The SMILES string of the molecule is CCCN(CCC(=O)Nc1nnc(-c2cccc(Br)c2)s1)S(=O)(=O)c1ccc(Cl)cc1. The number of nitrogens with one attached hydrogen (secondary N) is 1. The first kappa shape index (κ1) is 23.8. The number of amides is 1. The third-order valence-corrected chi connectivity index (χ3v) is 7.80. The zero-order valence-corrected chi connectivity index (χ0v) is 20.6. The highest BCUT2D eigenvalue weighted by Crippen LogP contribution is 2.28. The summed E-state index contributed by atoms with van der Waals surface area (Å²) in [5, 5.41) is 12.3. The molecule has 0 bridgehead atoms. The average molecular weight is 544 g/mol. The first-order valence-electron chi connectivity index (χ1n) is 9.44. The zero-order chi connectivity index (χ0) is 22.4. The first-order chi connectivity index (χ1) is 14.8. The fourth-order valence-electron chi connectivity index (χ4n) is 2.78. The van der Waals surface area contributed by atoms with E-state index in [1.165, 1.54) is 39.9 Å². The van der Waals surface area contributed by atoms with E-state index in [2.05, 4.69) is 31.4 Å². The van der Waals surface area contributed by atoms with Crippen LogP contribution in [-0.2, 0) is 14.8 Å². The van der Waals surface area contributed by atoms with E-state index in [9.17, 15) is 13.2 Å². The van der Waals surface area contributed by atoms with E-state index >= 15 is 0 Å². The maximum absolute atomic E-state index is 12.9. The standard InChI is InChI=1S/C20H20BrClN4O3S2/c1-2-11-26(31(28,29)17-8-6-16(22)7-9-17)12-10-18(27)23-20-25-24-19(30-20)14-4-3-5-15(21)13-14/h3-9,13H,2,10-12H2,1H3,(H,23,25,27). The highest BCUT2D eigenvalue weighted by molar-refractivity contribution is 9.10. The number of anilines is 1. The van der Waals surface area contributed by atoms with Crippen LogP contribution in [0.1, 0.15) is 19.8 Å². The van der Waals surface area contributed by atoms with Crippen LogP contribution in [0, 0.1) is 0 Å². The third kappa shape index (κ3) is 6.33. The second kappa shape index (κ2) is 10.6. The second-order valence-electron chi connectivity index (χ2n) is 6.58. The molecule has 0 aliphatic rings. The van der Waals surface area contributed by atoms with Crippen molar-refractivity contribution >= 4 is 59.9 Å². The molecule has 0 atom stereocenters. The number of rotatable bonds is 9. The normalized spacial score (nSPS) is 11.6. The van der Waals surface area contributed by atoms with Gasteiger partial charge in [0.05, 0.1) is 4.90 Å². The van der Waals surface area contributed by atoms with Crippen LogP contribution in [0.25, 0.3) is 10.6 Å². The molecule has 11 heteroatoms. The minimum Gasteiger partial charge on any atom is -0.300 e. The molecule has 1 heterocycles. The van der Waals surface area contributed by atoms with Gasteiger partial charge in [0.15, 0.2) is 0 Å². The molecule has 0 aliphatic heterocycles. The summed E-state index contributed by atoms with van der Waals surface area (Å²) in [6.07, 6.45) is 0.624. The molecule has 0 radical (unpaired) electrons. The smallest absolute Gasteiger partial charge is 0.243 e. The monoisotopic (exact) mass is 542 g/mol. The molecule has 0 fully saturated rings. The highest BCUT2D eigenvalue weighted by atomic mass is 79.9. The van der Waals surface area contributed by atoms with Crippen molar-refractivity contribution in [2.24, 2.45) is 0 Å². The molecule has 0 spiro atoms. The number of halogens is 2. The van der Waals surface area contributed by atoms with Crippen LogP contribution < -0.4 is 5.32 Å². The van der Waals surface area contributed by atoms with E-state index in [-0.39, 0.29) is 23.8 Å². The fourth-order valence-corrected chi connectivity index (χ4v) is 5.59. The number of nitrogens with zero attached hydrogens (tertiary/aromatic N) is 3. The fraction of sp³-hybridized carbons (Fsp3) is 0.250. The van der Waals surface area contributed by atoms with Gasteiger partial charge in [0.2, 0.25) is 21.1 Å². The van der Waals surface area contributed by atoms with Crippen molar-refractivity contribution in [1.29, 1.82) is 0 Å². The van der Waals surface area contributed by atoms with Crippen LogP contribution >= 0.6 is 38.9 Å². The van der Waals surface area contributed by atoms with Crippen molar-refractivity contribution in [2.75, 3.05) is 18.4 Å². The topological polar surface area (TPSA) is 92.3 Å². The van der Waals surface area contributed by atoms with Crippen molar-refractivity contribution in [3.63, 3.8) is 0 Å². The van der Waals surface area contributed by atoms with E-state index in [0.717, 1.165) is 10.0 Å². The number of hydrogen-bond donors (Lipinski definition) is 1. The van der Waals surface area contributed by atoms with Gasteiger partial charge in [0.1, 0.15) is 5.01 Å². The summed E-state index contributed by atoms with van der Waals surface area (Å²) < 4.78 is 28.1. The van der Waals surface area contributed by atoms with Gasteiger partial charge < -0.3 is 5.32 Å². The number of hydrogen-bond acceptors (Lipinski definition) is 6. The molecule has 3 aromatic rings. The van der Waals surface area contributed by atoms with Gasteiger partial charge in [-0.15, -0.1) is 10.2 Å². The van der Waals surface area contributed by atoms with Gasteiger partial charge in [0.25, 0.3) is 0 Å². The molecule has 0 unspecified atom stereocenters. The molecule has 0 saturated carbocycles. The lowest BCUT2D eigenvalue weighted by molar-refractivity contribution is -0.116. The minimum atomic E-state index is -3.72. The van der Waals surface area contributed by atoms with Crippen molar-refractivity contribution < 1.29 is 13.2 Å². The number of aromatic nitrogens is 2. The van der Waals surface area contributed by atoms with Crippen LogP contribution in [0.3, 0.4) is 0 Å². The summed E-state index contributed by atoms with van der Waals surface area (Å²) in [4.78, 5) is 12.6. The van der Waals surface area contributed by atoms with Gasteiger partial charge in [-0.1, -0.05) is 57.9 Å². The van der Waals surface area contributed by atoms with E-state index in [1.54, 1.807) is 0 Å². The zero-order valence-electron chi connectivity index (χ0n) is 16.6. The Labute approximate surface area is 198 Å². The molecule has 31 heavy (non-hydrogen) atoms. The number of sulfonamides is 1. The Morgan fingerprint density at radius 1 is 1.16 bits per heavy atom. The molecule has 0 aliphatic carbocycles. The molecular formula is C20H20BrClN4O3S2. The summed E-state index contributed by atoms with van der Waals surface area (Å²) in [5.74, 6) is -0.329. The van der Waals surface area contributed by atoms with Gasteiger partial charge in [0, 0.05) is 34.6 Å². The van der Waals surface area contributed by atoms with Crippen LogP contribution in [0.4, 0.5) is 5.13 Å². The first-order valence-corrected chi connectivity index (χ1v) is 12.9. The summed E-state index contributed by atoms with van der Waals surface area (Å²) in [6.45, 7) is 2.25. The Bertz CT molecular complexity index is 1150. The van der Waals surface area contributed by atoms with Crippen molar-refractivity contribution in [2.45, 2.75) is 24.7 Å². The van der Waals surface area contributed by atoms with Crippen LogP contribution in [-0.4, -0.2) is 41.9 Å². The Balaban J connectivity index is 1.63. The molecule has 7 nitrogen and oxygen atoms in total. The molecule has 164 valence electrons. The van der Waals surface area contributed by atoms with Gasteiger partial charge in [-0.25, -0.2) is 8.42 Å². The lowest BCUT2D eigenvalue weighted by Crippen LogP contribution is -2.34. The summed E-state index contributed by atoms with van der Waals surface area (Å²) in [5.41, 5.74) is 0.885. The molecule has 3 rings (SSSR count). The maximum atomic E-state index is 12.9. The number of carbonyl (C=O) groups is 1. The van der Waals surface area contributed by atoms with Crippen molar-refractivity contribution in [3.05, 3.63) is 58.0 Å². The average Bonchev–Trinajstić information content (AvgIpc) is 3.19. The molecule has 2 aromatic carbocycles. The second-order valence-corrected chi connectivity index (χ2v) is 10.8. The minimum absolute atomic E-state index is 0.00137. The quantitative estimate of drug-likeness (QED) is 0.408. The van der Waals surface area contributed by atoms with Gasteiger partial charge in [-0.3, -0.25) is 4.79 Å². The molecule has 0 saturated heterocycles. The van der Waals surface area contributed by atoms with Crippen molar-refractivity contribution in [1.82, 2.24) is 14.5 Å². The third-order valence-electron chi connectivity index (χ3n) is 4.26. The summed E-state index contributed by atoms with van der Waals surface area (Å²) >= 11 is 10.5. The van der Waals surface area contributed by atoms with Crippen LogP contribution in [0.2, 0.25) is 5.02 Å². The molecule has 1 N–H and O–H groups in total. The van der Waals surface area contributed by atoms with Gasteiger partial charge in [-0.2, -0.15) is 4.31 Å². The van der Waals surface area contributed by atoms with E-state index in [1.807, 2.05) is 31.2 Å². The largest absolute Gasteiger partial charge is 0.300 e. The van der Waals surface area contributed by atoms with Gasteiger partial charge in [-0.05, 0) is 42.8 Å². The Morgan fingerprint density at radius 3 is 2.58 bits per heavy atom.